The molecule has 1 aromatic heterocycles. The summed E-state index contributed by atoms with van der Waals surface area (Å²) in [6, 6.07) is 15.1. The highest BCUT2D eigenvalue weighted by Gasteiger charge is 2.05. The molecule has 2 aromatic carbocycles. The Labute approximate surface area is 157 Å². The van der Waals surface area contributed by atoms with Gasteiger partial charge in [-0.1, -0.05) is 29.8 Å². The molecule has 0 aliphatic heterocycles. The summed E-state index contributed by atoms with van der Waals surface area (Å²) in [5.41, 5.74) is 1.86. The van der Waals surface area contributed by atoms with Crippen molar-refractivity contribution in [1.82, 2.24) is 9.97 Å². The number of methoxy groups -OCH3 is 2. The molecule has 0 aliphatic rings. The number of aromatic nitrogens is 2. The number of para-hydroxylation sites is 1. The van der Waals surface area contributed by atoms with Gasteiger partial charge in [0, 0.05) is 23.9 Å². The van der Waals surface area contributed by atoms with Crippen LogP contribution in [0.4, 0.5) is 17.3 Å². The minimum absolute atomic E-state index is 0.529. The Morgan fingerprint density at radius 3 is 2.46 bits per heavy atom. The van der Waals surface area contributed by atoms with Crippen LogP contribution in [0.25, 0.3) is 0 Å². The molecule has 134 valence electrons. The van der Waals surface area contributed by atoms with Gasteiger partial charge in [-0.25, -0.2) is 9.97 Å². The quantitative estimate of drug-likeness (QED) is 0.638. The van der Waals surface area contributed by atoms with Gasteiger partial charge in [-0.2, -0.15) is 0 Å². The number of nitrogens with one attached hydrogen (secondary N) is 2. The fourth-order valence-corrected chi connectivity index (χ4v) is 2.71. The van der Waals surface area contributed by atoms with Crippen LogP contribution in [-0.4, -0.2) is 24.2 Å². The number of hydrogen-bond acceptors (Lipinski definition) is 6. The smallest absolute Gasteiger partial charge is 0.137 e. The Kier molecular flexibility index (Phi) is 5.76. The topological polar surface area (TPSA) is 68.3 Å². The number of rotatable bonds is 7. The highest BCUT2D eigenvalue weighted by molar-refractivity contribution is 6.32. The van der Waals surface area contributed by atoms with Crippen molar-refractivity contribution in [2.45, 2.75) is 6.54 Å². The van der Waals surface area contributed by atoms with E-state index >= 15 is 0 Å². The van der Waals surface area contributed by atoms with E-state index in [-0.39, 0.29) is 0 Å². The molecule has 0 atom stereocenters. The van der Waals surface area contributed by atoms with Crippen LogP contribution in [0.2, 0.25) is 5.02 Å². The molecule has 2 N–H and O–H groups in total. The van der Waals surface area contributed by atoms with Gasteiger partial charge in [0.25, 0.3) is 0 Å². The summed E-state index contributed by atoms with van der Waals surface area (Å²) in [5, 5.41) is 7.00. The third-order valence-corrected chi connectivity index (χ3v) is 4.04. The van der Waals surface area contributed by atoms with Crippen molar-refractivity contribution in [3.63, 3.8) is 0 Å². The Morgan fingerprint density at radius 1 is 0.923 bits per heavy atom. The van der Waals surface area contributed by atoms with Gasteiger partial charge in [0.15, 0.2) is 0 Å². The van der Waals surface area contributed by atoms with E-state index in [1.165, 1.54) is 6.33 Å². The Bertz CT molecular complexity index is 889. The predicted octanol–water partition coefficient (Wildman–Crippen LogP) is 4.50. The van der Waals surface area contributed by atoms with Crippen LogP contribution in [0.1, 0.15) is 5.56 Å². The highest BCUT2D eigenvalue weighted by Crippen LogP contribution is 2.28. The summed E-state index contributed by atoms with van der Waals surface area (Å²) < 4.78 is 10.5. The lowest BCUT2D eigenvalue weighted by Crippen LogP contribution is -2.04. The zero-order chi connectivity index (χ0) is 18.4. The van der Waals surface area contributed by atoms with Gasteiger partial charge in [0.1, 0.15) is 29.5 Å². The van der Waals surface area contributed by atoms with E-state index in [1.807, 2.05) is 36.4 Å². The Balaban J connectivity index is 1.69. The molecular formula is C19H19ClN4O2. The second-order valence-electron chi connectivity index (χ2n) is 5.43. The van der Waals surface area contributed by atoms with Crippen LogP contribution in [0.5, 0.6) is 11.5 Å². The molecule has 0 amide bonds. The van der Waals surface area contributed by atoms with E-state index in [0.29, 0.717) is 29.0 Å². The first kappa shape index (κ1) is 17.8. The zero-order valence-electron chi connectivity index (χ0n) is 14.5. The van der Waals surface area contributed by atoms with Gasteiger partial charge in [0.2, 0.25) is 0 Å². The molecule has 0 spiro atoms. The summed E-state index contributed by atoms with van der Waals surface area (Å²) >= 11 is 6.15. The molecule has 0 aliphatic carbocycles. The SMILES string of the molecule is COc1ccc(Nc2cc(NCc3ccccc3OC)ncn2)cc1Cl. The molecular weight excluding hydrogens is 352 g/mol. The van der Waals surface area contributed by atoms with E-state index in [4.69, 9.17) is 21.1 Å². The first-order valence-corrected chi connectivity index (χ1v) is 8.36. The molecule has 7 heteroatoms. The van der Waals surface area contributed by atoms with Crippen molar-refractivity contribution in [2.75, 3.05) is 24.9 Å². The minimum atomic E-state index is 0.529. The van der Waals surface area contributed by atoms with Crippen molar-refractivity contribution in [1.29, 1.82) is 0 Å². The maximum Gasteiger partial charge on any atom is 0.137 e. The maximum absolute atomic E-state index is 6.15. The number of anilines is 3. The van der Waals surface area contributed by atoms with Gasteiger partial charge in [-0.15, -0.1) is 0 Å². The first-order chi connectivity index (χ1) is 12.7. The lowest BCUT2D eigenvalue weighted by atomic mass is 10.2. The van der Waals surface area contributed by atoms with E-state index < -0.39 is 0 Å². The third-order valence-electron chi connectivity index (χ3n) is 3.74. The van der Waals surface area contributed by atoms with Crippen LogP contribution in [0.3, 0.4) is 0 Å². The fraction of sp³-hybridized carbons (Fsp3) is 0.158. The van der Waals surface area contributed by atoms with Crippen molar-refractivity contribution in [3.05, 3.63) is 65.4 Å². The second kappa shape index (κ2) is 8.40. The van der Waals surface area contributed by atoms with Gasteiger partial charge >= 0.3 is 0 Å². The van der Waals surface area contributed by atoms with Gasteiger partial charge in [-0.3, -0.25) is 0 Å². The monoisotopic (exact) mass is 370 g/mol. The summed E-state index contributed by atoms with van der Waals surface area (Å²) in [6.45, 7) is 0.592. The van der Waals surface area contributed by atoms with Crippen LogP contribution >= 0.6 is 11.6 Å². The second-order valence-corrected chi connectivity index (χ2v) is 5.84. The van der Waals surface area contributed by atoms with Crippen LogP contribution < -0.4 is 20.1 Å². The van der Waals surface area contributed by atoms with E-state index in [0.717, 1.165) is 17.0 Å². The summed E-state index contributed by atoms with van der Waals surface area (Å²) in [6.07, 6.45) is 1.50. The largest absolute Gasteiger partial charge is 0.496 e. The average molecular weight is 371 g/mol. The Hall–Kier alpha value is -2.99. The number of nitrogens with zero attached hydrogens (tertiary/aromatic N) is 2. The number of halogens is 1. The fourth-order valence-electron chi connectivity index (χ4n) is 2.45. The molecule has 3 aromatic rings. The van der Waals surface area contributed by atoms with Gasteiger partial charge < -0.3 is 20.1 Å². The van der Waals surface area contributed by atoms with E-state index in [9.17, 15) is 0 Å². The predicted molar refractivity (Wildman–Crippen MR) is 104 cm³/mol. The van der Waals surface area contributed by atoms with Crippen molar-refractivity contribution in [3.8, 4) is 11.5 Å². The van der Waals surface area contributed by atoms with Crippen molar-refractivity contribution in [2.24, 2.45) is 0 Å². The molecule has 3 rings (SSSR count). The number of hydrogen-bond donors (Lipinski definition) is 2. The molecule has 1 heterocycles. The summed E-state index contributed by atoms with van der Waals surface area (Å²) in [5.74, 6) is 2.82. The van der Waals surface area contributed by atoms with Crippen LogP contribution in [0.15, 0.2) is 54.9 Å². The highest BCUT2D eigenvalue weighted by atomic mass is 35.5. The molecule has 0 saturated heterocycles. The standard InChI is InChI=1S/C19H19ClN4O2/c1-25-16-6-4-3-5-13(16)11-21-18-10-19(23-12-22-18)24-14-7-8-17(26-2)15(20)9-14/h3-10,12H,11H2,1-2H3,(H2,21,22,23,24). The van der Waals surface area contributed by atoms with Crippen molar-refractivity contribution >= 4 is 28.9 Å². The molecule has 0 saturated carbocycles. The molecule has 6 nitrogen and oxygen atoms in total. The molecule has 0 fully saturated rings. The molecule has 0 radical (unpaired) electrons. The Morgan fingerprint density at radius 2 is 1.69 bits per heavy atom. The average Bonchev–Trinajstić information content (AvgIpc) is 2.67. The molecule has 26 heavy (non-hydrogen) atoms. The first-order valence-electron chi connectivity index (χ1n) is 7.98. The third kappa shape index (κ3) is 4.34. The molecule has 0 bridgehead atoms. The summed E-state index contributed by atoms with van der Waals surface area (Å²) in [7, 11) is 3.24. The van der Waals surface area contributed by atoms with E-state index in [2.05, 4.69) is 20.6 Å². The number of ether oxygens (including phenoxy) is 2. The van der Waals surface area contributed by atoms with Crippen LogP contribution in [-0.2, 0) is 6.54 Å². The van der Waals surface area contributed by atoms with Gasteiger partial charge in [-0.05, 0) is 24.3 Å². The van der Waals surface area contributed by atoms with E-state index in [1.54, 1.807) is 26.4 Å². The van der Waals surface area contributed by atoms with Crippen LogP contribution in [0, 0.1) is 0 Å². The van der Waals surface area contributed by atoms with Gasteiger partial charge in [0.05, 0.1) is 19.2 Å². The lowest BCUT2D eigenvalue weighted by Gasteiger charge is -2.11. The normalized spacial score (nSPS) is 10.3. The van der Waals surface area contributed by atoms with Crippen molar-refractivity contribution < 1.29 is 9.47 Å². The minimum Gasteiger partial charge on any atom is -0.496 e. The maximum atomic E-state index is 6.15. The number of benzene rings is 2. The summed E-state index contributed by atoms with van der Waals surface area (Å²) in [4.78, 5) is 8.48. The lowest BCUT2D eigenvalue weighted by molar-refractivity contribution is 0.410. The molecule has 0 unspecified atom stereocenters. The zero-order valence-corrected chi connectivity index (χ0v) is 15.2.